The van der Waals surface area contributed by atoms with Crippen LogP contribution in [0.15, 0.2) is 24.4 Å². The Morgan fingerprint density at radius 1 is 1.40 bits per heavy atom. The SMILES string of the molecule is CCC(C)(CN)c1nnc2ccccn12. The van der Waals surface area contributed by atoms with Crippen LogP contribution in [-0.2, 0) is 5.41 Å². The molecule has 0 radical (unpaired) electrons. The number of nitrogens with two attached hydrogens (primary N) is 1. The average molecular weight is 204 g/mol. The van der Waals surface area contributed by atoms with Gasteiger partial charge >= 0.3 is 0 Å². The molecule has 2 heterocycles. The van der Waals surface area contributed by atoms with Crippen molar-refractivity contribution in [1.29, 1.82) is 0 Å². The topological polar surface area (TPSA) is 56.2 Å². The summed E-state index contributed by atoms with van der Waals surface area (Å²) in [6.07, 6.45) is 2.94. The summed E-state index contributed by atoms with van der Waals surface area (Å²) in [5.41, 5.74) is 6.60. The summed E-state index contributed by atoms with van der Waals surface area (Å²) in [5, 5.41) is 8.38. The largest absolute Gasteiger partial charge is 0.329 e. The summed E-state index contributed by atoms with van der Waals surface area (Å²) in [6, 6.07) is 5.88. The van der Waals surface area contributed by atoms with Gasteiger partial charge in [-0.2, -0.15) is 0 Å². The lowest BCUT2D eigenvalue weighted by molar-refractivity contribution is 0.434. The van der Waals surface area contributed by atoms with Crippen LogP contribution < -0.4 is 5.73 Å². The Balaban J connectivity index is 2.61. The molecule has 2 aromatic heterocycles. The molecule has 1 atom stereocenters. The Hall–Kier alpha value is -1.42. The zero-order valence-corrected chi connectivity index (χ0v) is 9.14. The normalized spacial score (nSPS) is 15.4. The molecule has 4 nitrogen and oxygen atoms in total. The van der Waals surface area contributed by atoms with Gasteiger partial charge in [0.15, 0.2) is 5.65 Å². The van der Waals surface area contributed by atoms with E-state index in [1.165, 1.54) is 0 Å². The van der Waals surface area contributed by atoms with Crippen molar-refractivity contribution < 1.29 is 0 Å². The number of fused-ring (bicyclic) bond motifs is 1. The van der Waals surface area contributed by atoms with Gasteiger partial charge < -0.3 is 5.73 Å². The molecule has 1 unspecified atom stereocenters. The van der Waals surface area contributed by atoms with Crippen LogP contribution in [0.3, 0.4) is 0 Å². The molecular formula is C11H16N4. The van der Waals surface area contributed by atoms with E-state index in [0.717, 1.165) is 17.9 Å². The highest BCUT2D eigenvalue weighted by Crippen LogP contribution is 2.24. The maximum atomic E-state index is 5.82. The predicted molar refractivity (Wildman–Crippen MR) is 59.7 cm³/mol. The molecule has 2 aromatic rings. The molecule has 4 heteroatoms. The van der Waals surface area contributed by atoms with Crippen LogP contribution in [0.25, 0.3) is 5.65 Å². The highest BCUT2D eigenvalue weighted by atomic mass is 15.3. The van der Waals surface area contributed by atoms with E-state index >= 15 is 0 Å². The van der Waals surface area contributed by atoms with Gasteiger partial charge in [0.2, 0.25) is 0 Å². The van der Waals surface area contributed by atoms with Crippen LogP contribution in [0, 0.1) is 0 Å². The summed E-state index contributed by atoms with van der Waals surface area (Å²) in [6.45, 7) is 4.83. The molecule has 0 fully saturated rings. The molecule has 15 heavy (non-hydrogen) atoms. The molecule has 0 saturated heterocycles. The van der Waals surface area contributed by atoms with Gasteiger partial charge in [-0.25, -0.2) is 0 Å². The third-order valence-corrected chi connectivity index (χ3v) is 3.08. The summed E-state index contributed by atoms with van der Waals surface area (Å²) in [4.78, 5) is 0. The maximum Gasteiger partial charge on any atom is 0.160 e. The van der Waals surface area contributed by atoms with Gasteiger partial charge in [-0.1, -0.05) is 19.9 Å². The van der Waals surface area contributed by atoms with Crippen LogP contribution in [0.1, 0.15) is 26.1 Å². The van der Waals surface area contributed by atoms with Gasteiger partial charge in [-0.15, -0.1) is 10.2 Å². The number of hydrogen-bond acceptors (Lipinski definition) is 3. The maximum absolute atomic E-state index is 5.82. The van der Waals surface area contributed by atoms with Crippen molar-refractivity contribution in [1.82, 2.24) is 14.6 Å². The molecule has 0 bridgehead atoms. The molecule has 0 saturated carbocycles. The number of hydrogen-bond donors (Lipinski definition) is 1. The average Bonchev–Trinajstić information content (AvgIpc) is 2.72. The minimum absolute atomic E-state index is 0.0965. The van der Waals surface area contributed by atoms with E-state index in [4.69, 9.17) is 5.73 Å². The van der Waals surface area contributed by atoms with Crippen molar-refractivity contribution in [3.63, 3.8) is 0 Å². The minimum atomic E-state index is -0.0965. The van der Waals surface area contributed by atoms with Crippen molar-refractivity contribution in [2.45, 2.75) is 25.7 Å². The van der Waals surface area contributed by atoms with Gasteiger partial charge in [0.1, 0.15) is 5.82 Å². The van der Waals surface area contributed by atoms with E-state index in [2.05, 4.69) is 24.0 Å². The van der Waals surface area contributed by atoms with Crippen LogP contribution in [-0.4, -0.2) is 21.1 Å². The number of rotatable bonds is 3. The lowest BCUT2D eigenvalue weighted by Crippen LogP contribution is -2.33. The van der Waals surface area contributed by atoms with Crippen LogP contribution in [0.2, 0.25) is 0 Å². The first-order valence-electron chi connectivity index (χ1n) is 5.21. The highest BCUT2D eigenvalue weighted by molar-refractivity contribution is 5.38. The van der Waals surface area contributed by atoms with Gasteiger partial charge in [-0.3, -0.25) is 4.40 Å². The fourth-order valence-corrected chi connectivity index (χ4v) is 1.65. The molecule has 0 aliphatic rings. The number of aromatic nitrogens is 3. The van der Waals surface area contributed by atoms with Crippen LogP contribution in [0.5, 0.6) is 0 Å². The molecule has 80 valence electrons. The first-order valence-corrected chi connectivity index (χ1v) is 5.21. The molecule has 0 amide bonds. The van der Waals surface area contributed by atoms with Crippen molar-refractivity contribution >= 4 is 5.65 Å². The van der Waals surface area contributed by atoms with Gasteiger partial charge in [0, 0.05) is 18.2 Å². The zero-order valence-electron chi connectivity index (χ0n) is 9.14. The standard InChI is InChI=1S/C11H16N4/c1-3-11(2,8-12)10-14-13-9-6-4-5-7-15(9)10/h4-7H,3,8,12H2,1-2H3. The lowest BCUT2D eigenvalue weighted by atomic mass is 9.87. The number of nitrogens with zero attached hydrogens (tertiary/aromatic N) is 3. The molecular weight excluding hydrogens is 188 g/mol. The summed E-state index contributed by atoms with van der Waals surface area (Å²) in [7, 11) is 0. The third-order valence-electron chi connectivity index (χ3n) is 3.08. The smallest absolute Gasteiger partial charge is 0.160 e. The van der Waals surface area contributed by atoms with Crippen molar-refractivity contribution in [2.24, 2.45) is 5.73 Å². The van der Waals surface area contributed by atoms with E-state index in [-0.39, 0.29) is 5.41 Å². The summed E-state index contributed by atoms with van der Waals surface area (Å²) >= 11 is 0. The second-order valence-electron chi connectivity index (χ2n) is 4.07. The molecule has 0 aliphatic carbocycles. The second-order valence-corrected chi connectivity index (χ2v) is 4.07. The summed E-state index contributed by atoms with van der Waals surface area (Å²) < 4.78 is 2.01. The number of pyridine rings is 1. The fourth-order valence-electron chi connectivity index (χ4n) is 1.65. The van der Waals surface area contributed by atoms with E-state index in [0.29, 0.717) is 6.54 Å². The van der Waals surface area contributed by atoms with Crippen molar-refractivity contribution in [2.75, 3.05) is 6.54 Å². The van der Waals surface area contributed by atoms with Gasteiger partial charge in [0.05, 0.1) is 0 Å². The monoisotopic (exact) mass is 204 g/mol. The minimum Gasteiger partial charge on any atom is -0.329 e. The van der Waals surface area contributed by atoms with Crippen LogP contribution in [0.4, 0.5) is 0 Å². The highest BCUT2D eigenvalue weighted by Gasteiger charge is 2.28. The van der Waals surface area contributed by atoms with E-state index < -0.39 is 0 Å². The van der Waals surface area contributed by atoms with Gasteiger partial charge in [0.25, 0.3) is 0 Å². The van der Waals surface area contributed by atoms with Gasteiger partial charge in [-0.05, 0) is 18.6 Å². The molecule has 0 aromatic carbocycles. The quantitative estimate of drug-likeness (QED) is 0.821. The first-order chi connectivity index (χ1) is 7.21. The Morgan fingerprint density at radius 2 is 2.20 bits per heavy atom. The Morgan fingerprint density at radius 3 is 2.87 bits per heavy atom. The Kier molecular flexibility index (Phi) is 2.44. The third kappa shape index (κ3) is 1.51. The zero-order chi connectivity index (χ0) is 10.9. The molecule has 0 spiro atoms. The van der Waals surface area contributed by atoms with Crippen molar-refractivity contribution in [3.05, 3.63) is 30.2 Å². The summed E-state index contributed by atoms with van der Waals surface area (Å²) in [5.74, 6) is 0.947. The molecule has 0 aliphatic heterocycles. The predicted octanol–water partition coefficient (Wildman–Crippen LogP) is 1.36. The van der Waals surface area contributed by atoms with E-state index in [1.807, 2.05) is 28.8 Å². The van der Waals surface area contributed by atoms with Crippen molar-refractivity contribution in [3.8, 4) is 0 Å². The molecule has 2 N–H and O–H groups in total. The Labute approximate surface area is 89.1 Å². The fraction of sp³-hybridized carbons (Fsp3) is 0.455. The first kappa shape index (κ1) is 10.1. The van der Waals surface area contributed by atoms with E-state index in [9.17, 15) is 0 Å². The lowest BCUT2D eigenvalue weighted by Gasteiger charge is -2.23. The van der Waals surface area contributed by atoms with Crippen LogP contribution >= 0.6 is 0 Å². The van der Waals surface area contributed by atoms with E-state index in [1.54, 1.807) is 0 Å². The second kappa shape index (κ2) is 3.62. The molecule has 2 rings (SSSR count). The Bertz CT molecular complexity index is 456.